The van der Waals surface area contributed by atoms with Gasteiger partial charge in [0.15, 0.2) is 11.6 Å². The summed E-state index contributed by atoms with van der Waals surface area (Å²) in [6.07, 6.45) is 5.13. The molecular formula is C34H29F2N5O5S. The van der Waals surface area contributed by atoms with Crippen molar-refractivity contribution in [2.45, 2.75) is 32.8 Å². The molecule has 10 nitrogen and oxygen atoms in total. The van der Waals surface area contributed by atoms with Gasteiger partial charge in [-0.3, -0.25) is 14.6 Å². The number of thiophene rings is 1. The molecule has 0 saturated heterocycles. The van der Waals surface area contributed by atoms with Gasteiger partial charge in [-0.2, -0.15) is 9.78 Å². The molecule has 0 aliphatic carbocycles. The molecule has 2 aromatic carbocycles. The Morgan fingerprint density at radius 3 is 2.47 bits per heavy atom. The molecule has 0 spiro atoms. The van der Waals surface area contributed by atoms with Crippen LogP contribution in [0.4, 0.5) is 19.3 Å². The lowest BCUT2D eigenvalue weighted by atomic mass is 10.1. The maximum Gasteiger partial charge on any atom is 0.410 e. The minimum Gasteiger partial charge on any atom is -0.453 e. The molecule has 47 heavy (non-hydrogen) atoms. The summed E-state index contributed by atoms with van der Waals surface area (Å²) in [7, 11) is 0. The zero-order chi connectivity index (χ0) is 33.3. The molecular weight excluding hydrogens is 628 g/mol. The zero-order valence-corrected chi connectivity index (χ0v) is 26.4. The standard InChI is InChI=1S/C34H29F2N5O5S/c1-34(2,3)46-33(44)40-16-12-20(13-17-40)29-19-26-30(47-29)28(11-14-37-26)45-27-9-6-22(18-25(27)36)39-31(42)24-10-15-38-41(32(24)43)23-7-4-21(35)5-8-23/h4-12,14-15,18-19H,13,16-17H2,1-3H3,(H,39,42). The summed E-state index contributed by atoms with van der Waals surface area (Å²) in [5.41, 5.74) is 0.617. The molecule has 0 radical (unpaired) electrons. The minimum absolute atomic E-state index is 0.0714. The van der Waals surface area contributed by atoms with E-state index in [9.17, 15) is 18.8 Å². The molecule has 240 valence electrons. The predicted molar refractivity (Wildman–Crippen MR) is 174 cm³/mol. The number of nitrogens with zero attached hydrogens (tertiary/aromatic N) is 4. The van der Waals surface area contributed by atoms with Crippen molar-refractivity contribution in [1.82, 2.24) is 19.7 Å². The van der Waals surface area contributed by atoms with Gasteiger partial charge in [0.2, 0.25) is 0 Å². The number of amides is 2. The largest absolute Gasteiger partial charge is 0.453 e. The van der Waals surface area contributed by atoms with E-state index < -0.39 is 28.7 Å². The van der Waals surface area contributed by atoms with Crippen LogP contribution in [-0.2, 0) is 4.74 Å². The van der Waals surface area contributed by atoms with Crippen LogP contribution in [0, 0.1) is 11.6 Å². The molecule has 1 N–H and O–H groups in total. The first-order valence-electron chi connectivity index (χ1n) is 14.6. The monoisotopic (exact) mass is 657 g/mol. The number of aromatic nitrogens is 3. The first-order valence-corrected chi connectivity index (χ1v) is 15.5. The number of hydrogen-bond acceptors (Lipinski definition) is 8. The Hall–Kier alpha value is -5.43. The average Bonchev–Trinajstić information content (AvgIpc) is 3.48. The van der Waals surface area contributed by atoms with Crippen molar-refractivity contribution in [3.8, 4) is 17.2 Å². The van der Waals surface area contributed by atoms with Crippen LogP contribution in [0.2, 0.25) is 0 Å². The Balaban J connectivity index is 1.16. The van der Waals surface area contributed by atoms with Gasteiger partial charge in [-0.1, -0.05) is 6.08 Å². The third kappa shape index (κ3) is 7.04. The van der Waals surface area contributed by atoms with Gasteiger partial charge in [-0.15, -0.1) is 11.3 Å². The van der Waals surface area contributed by atoms with Crippen LogP contribution in [0.3, 0.4) is 0 Å². The third-order valence-corrected chi connectivity index (χ3v) is 8.34. The Kier molecular flexibility index (Phi) is 8.56. The number of halogens is 2. The third-order valence-electron chi connectivity index (χ3n) is 7.12. The van der Waals surface area contributed by atoms with Gasteiger partial charge in [0, 0.05) is 48.2 Å². The average molecular weight is 658 g/mol. The highest BCUT2D eigenvalue weighted by Crippen LogP contribution is 2.39. The van der Waals surface area contributed by atoms with Crippen molar-refractivity contribution < 1.29 is 27.8 Å². The van der Waals surface area contributed by atoms with Crippen molar-refractivity contribution in [1.29, 1.82) is 0 Å². The van der Waals surface area contributed by atoms with Crippen LogP contribution in [0.5, 0.6) is 11.5 Å². The van der Waals surface area contributed by atoms with E-state index in [4.69, 9.17) is 9.47 Å². The fourth-order valence-corrected chi connectivity index (χ4v) is 6.00. The Labute approximate surface area is 271 Å². The first-order chi connectivity index (χ1) is 22.4. The molecule has 0 saturated carbocycles. The summed E-state index contributed by atoms with van der Waals surface area (Å²) >= 11 is 1.46. The summed E-state index contributed by atoms with van der Waals surface area (Å²) in [6.45, 7) is 6.44. The Bertz CT molecular complexity index is 2090. The lowest BCUT2D eigenvalue weighted by Crippen LogP contribution is -2.39. The number of anilines is 1. The number of carbonyl (C=O) groups excluding carboxylic acids is 2. The zero-order valence-electron chi connectivity index (χ0n) is 25.6. The highest BCUT2D eigenvalue weighted by atomic mass is 32.1. The molecule has 3 aromatic heterocycles. The molecule has 5 aromatic rings. The molecule has 1 aliphatic heterocycles. The number of ether oxygens (including phenoxy) is 2. The van der Waals surface area contributed by atoms with E-state index in [1.807, 2.05) is 32.9 Å². The molecule has 4 heterocycles. The molecule has 0 unspecified atom stereocenters. The molecule has 0 fully saturated rings. The van der Waals surface area contributed by atoms with E-state index in [1.54, 1.807) is 17.2 Å². The van der Waals surface area contributed by atoms with E-state index >= 15 is 4.39 Å². The number of fused-ring (bicyclic) bond motifs is 1. The second-order valence-electron chi connectivity index (χ2n) is 11.7. The van der Waals surface area contributed by atoms with Gasteiger partial charge in [-0.05, 0) is 81.3 Å². The normalized spacial score (nSPS) is 13.3. The number of carbonyl (C=O) groups is 2. The summed E-state index contributed by atoms with van der Waals surface area (Å²) in [5, 5.41) is 6.49. The van der Waals surface area contributed by atoms with E-state index in [0.717, 1.165) is 25.9 Å². The lowest BCUT2D eigenvalue weighted by Gasteiger charge is -2.29. The predicted octanol–water partition coefficient (Wildman–Crippen LogP) is 7.19. The van der Waals surface area contributed by atoms with Crippen LogP contribution in [0.25, 0.3) is 21.5 Å². The summed E-state index contributed by atoms with van der Waals surface area (Å²) in [6, 6.07) is 13.8. The number of hydrogen-bond donors (Lipinski definition) is 1. The van der Waals surface area contributed by atoms with Gasteiger partial charge in [0.1, 0.15) is 22.7 Å². The van der Waals surface area contributed by atoms with Gasteiger partial charge in [0.05, 0.1) is 15.9 Å². The number of benzene rings is 2. The van der Waals surface area contributed by atoms with Crippen LogP contribution in [0.15, 0.2) is 83.9 Å². The topological polar surface area (TPSA) is 116 Å². The second-order valence-corrected chi connectivity index (χ2v) is 12.7. The van der Waals surface area contributed by atoms with E-state index in [2.05, 4.69) is 15.4 Å². The summed E-state index contributed by atoms with van der Waals surface area (Å²) in [5.74, 6) is -1.65. The fourth-order valence-electron chi connectivity index (χ4n) is 4.87. The maximum atomic E-state index is 15.2. The van der Waals surface area contributed by atoms with Crippen molar-refractivity contribution >= 4 is 44.8 Å². The molecule has 13 heteroatoms. The molecule has 0 bridgehead atoms. The number of nitrogens with one attached hydrogen (secondary N) is 1. The Morgan fingerprint density at radius 2 is 1.77 bits per heavy atom. The number of pyridine rings is 1. The second kappa shape index (κ2) is 12.8. The van der Waals surface area contributed by atoms with Crippen LogP contribution >= 0.6 is 11.3 Å². The minimum atomic E-state index is -0.769. The lowest BCUT2D eigenvalue weighted by molar-refractivity contribution is 0.0270. The molecule has 6 rings (SSSR count). The summed E-state index contributed by atoms with van der Waals surface area (Å²) < 4.78 is 41.7. The van der Waals surface area contributed by atoms with Crippen molar-refractivity contribution in [2.24, 2.45) is 0 Å². The highest BCUT2D eigenvalue weighted by molar-refractivity contribution is 7.20. The molecule has 2 amide bonds. The first kappa shape index (κ1) is 31.5. The smallest absolute Gasteiger partial charge is 0.410 e. The van der Waals surface area contributed by atoms with Crippen molar-refractivity contribution in [3.63, 3.8) is 0 Å². The van der Waals surface area contributed by atoms with Gasteiger partial charge in [0.25, 0.3) is 11.5 Å². The quantitative estimate of drug-likeness (QED) is 0.206. The highest BCUT2D eigenvalue weighted by Gasteiger charge is 2.25. The van der Waals surface area contributed by atoms with Crippen molar-refractivity contribution in [3.05, 3.63) is 112 Å². The van der Waals surface area contributed by atoms with Gasteiger partial charge >= 0.3 is 6.09 Å². The molecule has 0 atom stereocenters. The summed E-state index contributed by atoms with van der Waals surface area (Å²) in [4.78, 5) is 45.4. The fraction of sp³-hybridized carbons (Fsp3) is 0.206. The Morgan fingerprint density at radius 1 is 0.979 bits per heavy atom. The van der Waals surface area contributed by atoms with E-state index in [0.29, 0.717) is 30.8 Å². The van der Waals surface area contributed by atoms with E-state index in [-0.39, 0.29) is 28.8 Å². The maximum absolute atomic E-state index is 15.2. The number of rotatable bonds is 6. The van der Waals surface area contributed by atoms with Crippen LogP contribution < -0.4 is 15.6 Å². The SMILES string of the molecule is CC(C)(C)OC(=O)N1CC=C(c2cc3nccc(Oc4ccc(NC(=O)c5ccnn(-c6ccc(F)cc6)c5=O)cc4F)c3s2)CC1. The van der Waals surface area contributed by atoms with Crippen LogP contribution in [-0.4, -0.2) is 50.4 Å². The van der Waals surface area contributed by atoms with Gasteiger partial charge < -0.3 is 19.7 Å². The molecule has 1 aliphatic rings. The van der Waals surface area contributed by atoms with Crippen molar-refractivity contribution in [2.75, 3.05) is 18.4 Å². The van der Waals surface area contributed by atoms with E-state index in [1.165, 1.54) is 60.0 Å². The van der Waals surface area contributed by atoms with Crippen LogP contribution in [0.1, 0.15) is 42.4 Å². The van der Waals surface area contributed by atoms with Gasteiger partial charge in [-0.25, -0.2) is 13.6 Å².